The van der Waals surface area contributed by atoms with Crippen molar-refractivity contribution in [3.05, 3.63) is 97.7 Å². The normalized spacial score (nSPS) is 16.4. The lowest BCUT2D eigenvalue weighted by Crippen LogP contribution is -2.32. The summed E-state index contributed by atoms with van der Waals surface area (Å²) < 4.78 is 5.46. The molecular formula is C21H20ClN3O4. The van der Waals surface area contributed by atoms with Gasteiger partial charge in [0.2, 0.25) is 0 Å². The maximum absolute atomic E-state index is 12.9. The van der Waals surface area contributed by atoms with Gasteiger partial charge in [-0.25, -0.2) is 4.79 Å². The van der Waals surface area contributed by atoms with E-state index in [0.29, 0.717) is 17.8 Å². The van der Waals surface area contributed by atoms with Crippen LogP contribution < -0.4 is 5.32 Å². The molecule has 29 heavy (non-hydrogen) atoms. The Bertz CT molecular complexity index is 1000. The summed E-state index contributed by atoms with van der Waals surface area (Å²) in [5.74, 6) is -1.66. The fourth-order valence-electron chi connectivity index (χ4n) is 3.36. The molecular weight excluding hydrogens is 394 g/mol. The Labute approximate surface area is 173 Å². The van der Waals surface area contributed by atoms with Crippen LogP contribution in [0.15, 0.2) is 71.3 Å². The van der Waals surface area contributed by atoms with E-state index in [2.05, 4.69) is 10.3 Å². The Morgan fingerprint density at radius 1 is 1.21 bits per heavy atom. The number of rotatable bonds is 6. The number of aromatic nitrogens is 1. The summed E-state index contributed by atoms with van der Waals surface area (Å²) in [5, 5.41) is 15.0. The van der Waals surface area contributed by atoms with Gasteiger partial charge in [-0.05, 0) is 31.5 Å². The van der Waals surface area contributed by atoms with Crippen LogP contribution in [0.3, 0.4) is 0 Å². The third-order valence-corrected chi connectivity index (χ3v) is 4.99. The van der Waals surface area contributed by atoms with Crippen molar-refractivity contribution in [1.82, 2.24) is 10.3 Å². The quantitative estimate of drug-likeness (QED) is 0.437. The molecule has 1 atom stereocenters. The number of carbonyl (C=O) groups excluding carboxylic acids is 1. The molecule has 1 aliphatic rings. The molecule has 8 heteroatoms. The second-order valence-electron chi connectivity index (χ2n) is 6.61. The molecule has 2 aromatic rings. The number of nitrogens with one attached hydrogen (secondary N) is 1. The monoisotopic (exact) mass is 413 g/mol. The molecule has 1 aliphatic heterocycles. The van der Waals surface area contributed by atoms with Gasteiger partial charge in [-0.3, -0.25) is 15.1 Å². The van der Waals surface area contributed by atoms with Crippen LogP contribution in [0, 0.1) is 10.1 Å². The van der Waals surface area contributed by atoms with Crippen molar-refractivity contribution >= 4 is 17.6 Å². The fourth-order valence-corrected chi connectivity index (χ4v) is 3.59. The molecule has 150 valence electrons. The summed E-state index contributed by atoms with van der Waals surface area (Å²) in [6.07, 6.45) is 2.03. The Balaban J connectivity index is 1.91. The number of ether oxygens (including phenoxy) is 1. The number of hydrogen-bond donors (Lipinski definition) is 1. The number of esters is 1. The highest BCUT2D eigenvalue weighted by Gasteiger charge is 2.42. The van der Waals surface area contributed by atoms with E-state index in [1.165, 1.54) is 6.20 Å². The lowest BCUT2D eigenvalue weighted by Gasteiger charge is -2.26. The maximum Gasteiger partial charge on any atom is 0.337 e. The maximum atomic E-state index is 12.9. The van der Waals surface area contributed by atoms with Crippen molar-refractivity contribution in [2.45, 2.75) is 26.2 Å². The molecule has 1 aromatic carbocycles. The Morgan fingerprint density at radius 3 is 2.59 bits per heavy atom. The van der Waals surface area contributed by atoms with Gasteiger partial charge in [0.25, 0.3) is 5.70 Å². The zero-order valence-corrected chi connectivity index (χ0v) is 16.8. The van der Waals surface area contributed by atoms with Gasteiger partial charge in [0.1, 0.15) is 5.92 Å². The number of halogens is 1. The SMILES string of the molecule is CC1=C(C(=O)OCCc2ccccc2)C(c2ncccc2Cl)C([N+](=O)[O-])=C(C)N1. The van der Waals surface area contributed by atoms with Crippen LogP contribution in [0.25, 0.3) is 0 Å². The number of hydrogen-bond acceptors (Lipinski definition) is 6. The second-order valence-corrected chi connectivity index (χ2v) is 7.01. The minimum absolute atomic E-state index is 0.135. The molecule has 0 fully saturated rings. The van der Waals surface area contributed by atoms with Gasteiger partial charge in [0, 0.05) is 18.3 Å². The predicted molar refractivity (Wildman–Crippen MR) is 109 cm³/mol. The number of dihydropyridines is 1. The van der Waals surface area contributed by atoms with Crippen LogP contribution in [-0.2, 0) is 16.0 Å². The molecule has 3 rings (SSSR count). The van der Waals surface area contributed by atoms with Gasteiger partial charge in [-0.1, -0.05) is 41.9 Å². The molecule has 0 spiro atoms. The predicted octanol–water partition coefficient (Wildman–Crippen LogP) is 3.99. The zero-order chi connectivity index (χ0) is 21.0. The molecule has 0 bridgehead atoms. The Kier molecular flexibility index (Phi) is 6.29. The summed E-state index contributed by atoms with van der Waals surface area (Å²) in [4.78, 5) is 28.4. The highest BCUT2D eigenvalue weighted by Crippen LogP contribution is 2.40. The molecule has 0 saturated heterocycles. The van der Waals surface area contributed by atoms with E-state index < -0.39 is 16.8 Å². The fraction of sp³-hybridized carbons (Fsp3) is 0.238. The van der Waals surface area contributed by atoms with Gasteiger partial charge in [0.05, 0.1) is 33.5 Å². The van der Waals surface area contributed by atoms with Gasteiger partial charge in [-0.15, -0.1) is 0 Å². The van der Waals surface area contributed by atoms with Crippen LogP contribution in [-0.4, -0.2) is 22.5 Å². The van der Waals surface area contributed by atoms with E-state index >= 15 is 0 Å². The van der Waals surface area contributed by atoms with Crippen LogP contribution in [0.5, 0.6) is 0 Å². The van der Waals surface area contributed by atoms with E-state index in [1.807, 2.05) is 30.3 Å². The van der Waals surface area contributed by atoms with Gasteiger partial charge < -0.3 is 10.1 Å². The number of allylic oxidation sites excluding steroid dienone is 3. The smallest absolute Gasteiger partial charge is 0.337 e. The summed E-state index contributed by atoms with van der Waals surface area (Å²) in [5.41, 5.74) is 2.04. The minimum atomic E-state index is -1.02. The molecule has 2 heterocycles. The van der Waals surface area contributed by atoms with Gasteiger partial charge >= 0.3 is 5.97 Å². The third kappa shape index (κ3) is 4.46. The first-order chi connectivity index (χ1) is 13.9. The second kappa shape index (κ2) is 8.87. The average Bonchev–Trinajstić information content (AvgIpc) is 2.68. The Morgan fingerprint density at radius 2 is 1.93 bits per heavy atom. The molecule has 0 amide bonds. The summed E-state index contributed by atoms with van der Waals surface area (Å²) in [6.45, 7) is 3.42. The molecule has 0 aliphatic carbocycles. The molecule has 0 saturated carbocycles. The van der Waals surface area contributed by atoms with Crippen molar-refractivity contribution in [3.63, 3.8) is 0 Å². The van der Waals surface area contributed by atoms with E-state index in [4.69, 9.17) is 16.3 Å². The zero-order valence-electron chi connectivity index (χ0n) is 16.0. The van der Waals surface area contributed by atoms with E-state index in [-0.39, 0.29) is 28.6 Å². The van der Waals surface area contributed by atoms with Crippen molar-refractivity contribution in [2.24, 2.45) is 0 Å². The lowest BCUT2D eigenvalue weighted by molar-refractivity contribution is -0.431. The summed E-state index contributed by atoms with van der Waals surface area (Å²) >= 11 is 6.27. The van der Waals surface area contributed by atoms with Crippen LogP contribution in [0.4, 0.5) is 0 Å². The first-order valence-corrected chi connectivity index (χ1v) is 9.42. The van der Waals surface area contributed by atoms with Crippen LogP contribution in [0.2, 0.25) is 5.02 Å². The number of pyridine rings is 1. The number of benzene rings is 1. The Hall–Kier alpha value is -3.19. The van der Waals surface area contributed by atoms with Crippen molar-refractivity contribution in [2.75, 3.05) is 6.61 Å². The van der Waals surface area contributed by atoms with Crippen LogP contribution in [0.1, 0.15) is 31.0 Å². The third-order valence-electron chi connectivity index (χ3n) is 4.67. The summed E-state index contributed by atoms with van der Waals surface area (Å²) in [7, 11) is 0. The largest absolute Gasteiger partial charge is 0.462 e. The van der Waals surface area contributed by atoms with Crippen molar-refractivity contribution in [1.29, 1.82) is 0 Å². The first kappa shape index (κ1) is 20.5. The topological polar surface area (TPSA) is 94.4 Å². The van der Waals surface area contributed by atoms with Crippen LogP contribution >= 0.6 is 11.6 Å². The number of nitrogens with zero attached hydrogens (tertiary/aromatic N) is 2. The molecule has 1 aromatic heterocycles. The standard InChI is InChI=1S/C21H20ClN3O4/c1-13-17(21(26)29-12-10-15-7-4-3-5-8-15)18(19-16(22)9-6-11-23-19)20(25(27)28)14(2)24-13/h3-9,11,18,24H,10,12H2,1-2H3. The number of carbonyl (C=O) groups is 1. The van der Waals surface area contributed by atoms with Crippen molar-refractivity contribution in [3.8, 4) is 0 Å². The van der Waals surface area contributed by atoms with E-state index in [1.54, 1.807) is 26.0 Å². The van der Waals surface area contributed by atoms with Gasteiger partial charge in [0.15, 0.2) is 0 Å². The molecule has 0 radical (unpaired) electrons. The minimum Gasteiger partial charge on any atom is -0.462 e. The summed E-state index contributed by atoms with van der Waals surface area (Å²) in [6, 6.07) is 12.8. The molecule has 1 N–H and O–H groups in total. The average molecular weight is 414 g/mol. The number of nitro groups is 1. The van der Waals surface area contributed by atoms with Gasteiger partial charge in [-0.2, -0.15) is 0 Å². The highest BCUT2D eigenvalue weighted by atomic mass is 35.5. The lowest BCUT2D eigenvalue weighted by atomic mass is 9.87. The van der Waals surface area contributed by atoms with E-state index in [9.17, 15) is 14.9 Å². The molecule has 1 unspecified atom stereocenters. The van der Waals surface area contributed by atoms with Crippen molar-refractivity contribution < 1.29 is 14.5 Å². The highest BCUT2D eigenvalue weighted by molar-refractivity contribution is 6.31. The first-order valence-electron chi connectivity index (χ1n) is 9.04. The van der Waals surface area contributed by atoms with E-state index in [0.717, 1.165) is 5.56 Å². The molecule has 7 nitrogen and oxygen atoms in total.